The highest BCUT2D eigenvalue weighted by Gasteiger charge is 2.23. The molecule has 0 saturated heterocycles. The molecule has 21 heavy (non-hydrogen) atoms. The maximum atomic E-state index is 11.7. The van der Waals surface area contributed by atoms with Crippen LogP contribution in [0.15, 0.2) is 30.5 Å². The van der Waals surface area contributed by atoms with E-state index in [9.17, 15) is 9.59 Å². The Morgan fingerprint density at radius 2 is 2.10 bits per heavy atom. The summed E-state index contributed by atoms with van der Waals surface area (Å²) in [6.45, 7) is -0.177. The minimum atomic E-state index is -0.341. The molecule has 0 radical (unpaired) electrons. The zero-order chi connectivity index (χ0) is 14.7. The lowest BCUT2D eigenvalue weighted by molar-refractivity contribution is -0.148. The fourth-order valence-corrected chi connectivity index (χ4v) is 2.29. The number of amides is 1. The summed E-state index contributed by atoms with van der Waals surface area (Å²) in [5.74, 6) is -0.552. The number of hydrogen-bond donors (Lipinski definition) is 2. The minimum Gasteiger partial charge on any atom is -0.456 e. The molecule has 1 saturated carbocycles. The predicted octanol–water partition coefficient (Wildman–Crippen LogP) is 1.92. The number of carbonyl (C=O) groups is 2. The summed E-state index contributed by atoms with van der Waals surface area (Å²) >= 11 is 0. The van der Waals surface area contributed by atoms with Crippen molar-refractivity contribution in [1.29, 1.82) is 0 Å². The third-order valence-electron chi connectivity index (χ3n) is 3.58. The molecule has 2 aromatic rings. The number of H-pyrrole nitrogens is 1. The van der Waals surface area contributed by atoms with Crippen LogP contribution in [0.3, 0.4) is 0 Å². The van der Waals surface area contributed by atoms with E-state index in [-0.39, 0.29) is 24.9 Å². The number of aromatic amines is 1. The summed E-state index contributed by atoms with van der Waals surface area (Å²) in [7, 11) is 0. The number of fused-ring (bicyclic) bond motifs is 1. The molecule has 1 aliphatic carbocycles. The van der Waals surface area contributed by atoms with E-state index < -0.39 is 0 Å². The molecular formula is C16H18N2O3. The average molecular weight is 286 g/mol. The number of carbonyl (C=O) groups excluding carboxylic acids is 2. The lowest BCUT2D eigenvalue weighted by Crippen LogP contribution is -2.30. The van der Waals surface area contributed by atoms with Crippen LogP contribution in [-0.2, 0) is 20.7 Å². The molecule has 1 aromatic heterocycles. The third kappa shape index (κ3) is 3.62. The Kier molecular flexibility index (Phi) is 3.90. The average Bonchev–Trinajstić information content (AvgIpc) is 3.20. The highest BCUT2D eigenvalue weighted by atomic mass is 16.5. The first-order chi connectivity index (χ1) is 10.2. The van der Waals surface area contributed by atoms with Crippen LogP contribution in [0.1, 0.15) is 24.8 Å². The minimum absolute atomic E-state index is 0.177. The summed E-state index contributed by atoms with van der Waals surface area (Å²) in [6.07, 6.45) is 4.85. The number of benzene rings is 1. The second-order valence-corrected chi connectivity index (χ2v) is 5.36. The number of para-hydroxylation sites is 1. The summed E-state index contributed by atoms with van der Waals surface area (Å²) < 4.78 is 4.98. The summed E-state index contributed by atoms with van der Waals surface area (Å²) in [5.41, 5.74) is 2.15. The second-order valence-electron chi connectivity index (χ2n) is 5.36. The number of nitrogens with one attached hydrogen (secondary N) is 2. The molecule has 0 unspecified atom stereocenters. The van der Waals surface area contributed by atoms with Crippen LogP contribution in [0.5, 0.6) is 0 Å². The van der Waals surface area contributed by atoms with Gasteiger partial charge in [0, 0.05) is 29.6 Å². The topological polar surface area (TPSA) is 71.2 Å². The van der Waals surface area contributed by atoms with Gasteiger partial charge in [-0.2, -0.15) is 0 Å². The molecule has 0 spiro atoms. The van der Waals surface area contributed by atoms with Gasteiger partial charge in [-0.05, 0) is 30.9 Å². The third-order valence-corrected chi connectivity index (χ3v) is 3.58. The van der Waals surface area contributed by atoms with E-state index in [1.54, 1.807) is 0 Å². The lowest BCUT2D eigenvalue weighted by atomic mass is 10.1. The Balaban J connectivity index is 1.45. The van der Waals surface area contributed by atoms with Crippen molar-refractivity contribution in [2.24, 2.45) is 0 Å². The van der Waals surface area contributed by atoms with Crippen molar-refractivity contribution >= 4 is 22.8 Å². The molecule has 1 aliphatic rings. The quantitative estimate of drug-likeness (QED) is 0.797. The van der Waals surface area contributed by atoms with Gasteiger partial charge in [0.1, 0.15) is 0 Å². The van der Waals surface area contributed by atoms with Gasteiger partial charge in [0.15, 0.2) is 6.61 Å². The van der Waals surface area contributed by atoms with Crippen LogP contribution in [0.4, 0.5) is 0 Å². The molecule has 5 nitrogen and oxygen atoms in total. The van der Waals surface area contributed by atoms with Gasteiger partial charge in [0.25, 0.3) is 5.91 Å². The molecule has 0 atom stereocenters. The van der Waals surface area contributed by atoms with Crippen molar-refractivity contribution in [3.63, 3.8) is 0 Å². The summed E-state index contributed by atoms with van der Waals surface area (Å²) in [6, 6.07) is 8.26. The first-order valence-corrected chi connectivity index (χ1v) is 7.22. The van der Waals surface area contributed by atoms with Gasteiger partial charge in [-0.25, -0.2) is 0 Å². The van der Waals surface area contributed by atoms with Gasteiger partial charge in [0.05, 0.1) is 0 Å². The largest absolute Gasteiger partial charge is 0.456 e. The van der Waals surface area contributed by atoms with Crippen LogP contribution in [0.25, 0.3) is 10.9 Å². The van der Waals surface area contributed by atoms with Crippen LogP contribution in [0, 0.1) is 0 Å². The number of aryl methyl sites for hydroxylation is 1. The molecule has 1 amide bonds. The second kappa shape index (κ2) is 5.99. The molecular weight excluding hydrogens is 268 g/mol. The molecule has 110 valence electrons. The number of rotatable bonds is 6. The smallest absolute Gasteiger partial charge is 0.306 e. The Morgan fingerprint density at radius 3 is 2.90 bits per heavy atom. The highest BCUT2D eigenvalue weighted by molar-refractivity contribution is 5.84. The summed E-state index contributed by atoms with van der Waals surface area (Å²) in [4.78, 5) is 26.3. The Labute approximate surface area is 122 Å². The van der Waals surface area contributed by atoms with Crippen LogP contribution in [0.2, 0.25) is 0 Å². The molecule has 0 bridgehead atoms. The number of esters is 1. The highest BCUT2D eigenvalue weighted by Crippen LogP contribution is 2.19. The first-order valence-electron chi connectivity index (χ1n) is 7.22. The van der Waals surface area contributed by atoms with E-state index in [1.165, 1.54) is 0 Å². The standard InChI is InChI=1S/C16H18N2O3/c19-15(18-12-6-7-12)10-21-16(20)8-5-11-9-17-14-4-2-1-3-13(11)14/h1-4,9,12,17H,5-8,10H2,(H,18,19). The van der Waals surface area contributed by atoms with Crippen molar-refractivity contribution in [2.45, 2.75) is 31.7 Å². The Hall–Kier alpha value is -2.30. The first kappa shape index (κ1) is 13.7. The SMILES string of the molecule is O=C(COC(=O)CCc1c[nH]c2ccccc12)NC1CC1. The summed E-state index contributed by atoms with van der Waals surface area (Å²) in [5, 5.41) is 3.90. The molecule has 1 heterocycles. The van der Waals surface area contributed by atoms with Crippen molar-refractivity contribution in [3.8, 4) is 0 Å². The molecule has 1 fully saturated rings. The fourth-order valence-electron chi connectivity index (χ4n) is 2.29. The van der Waals surface area contributed by atoms with Crippen molar-refractivity contribution in [3.05, 3.63) is 36.0 Å². The van der Waals surface area contributed by atoms with Crippen molar-refractivity contribution < 1.29 is 14.3 Å². The maximum absolute atomic E-state index is 11.7. The van der Waals surface area contributed by atoms with Crippen LogP contribution >= 0.6 is 0 Å². The lowest BCUT2D eigenvalue weighted by Gasteiger charge is -2.05. The zero-order valence-electron chi connectivity index (χ0n) is 11.7. The molecule has 0 aliphatic heterocycles. The van der Waals surface area contributed by atoms with Crippen LogP contribution < -0.4 is 5.32 Å². The van der Waals surface area contributed by atoms with E-state index in [0.717, 1.165) is 29.3 Å². The van der Waals surface area contributed by atoms with E-state index in [0.29, 0.717) is 12.5 Å². The van der Waals surface area contributed by atoms with Crippen molar-refractivity contribution in [2.75, 3.05) is 6.61 Å². The van der Waals surface area contributed by atoms with Gasteiger partial charge < -0.3 is 15.0 Å². The molecule has 5 heteroatoms. The van der Waals surface area contributed by atoms with E-state index in [2.05, 4.69) is 10.3 Å². The predicted molar refractivity (Wildman–Crippen MR) is 78.7 cm³/mol. The van der Waals surface area contributed by atoms with Gasteiger partial charge in [0.2, 0.25) is 0 Å². The molecule has 2 N–H and O–H groups in total. The van der Waals surface area contributed by atoms with E-state index in [4.69, 9.17) is 4.74 Å². The Morgan fingerprint density at radius 1 is 1.29 bits per heavy atom. The Bertz CT molecular complexity index is 658. The number of hydrogen-bond acceptors (Lipinski definition) is 3. The number of ether oxygens (including phenoxy) is 1. The van der Waals surface area contributed by atoms with Crippen LogP contribution in [-0.4, -0.2) is 29.5 Å². The van der Waals surface area contributed by atoms with E-state index in [1.807, 2.05) is 30.5 Å². The van der Waals surface area contributed by atoms with Gasteiger partial charge in [-0.1, -0.05) is 18.2 Å². The molecule has 3 rings (SSSR count). The normalized spacial score (nSPS) is 14.1. The van der Waals surface area contributed by atoms with E-state index >= 15 is 0 Å². The van der Waals surface area contributed by atoms with Gasteiger partial charge in [-0.15, -0.1) is 0 Å². The maximum Gasteiger partial charge on any atom is 0.306 e. The molecule has 1 aromatic carbocycles. The monoisotopic (exact) mass is 286 g/mol. The fraction of sp³-hybridized carbons (Fsp3) is 0.375. The number of aromatic nitrogens is 1. The van der Waals surface area contributed by atoms with Gasteiger partial charge in [-0.3, -0.25) is 9.59 Å². The van der Waals surface area contributed by atoms with Gasteiger partial charge >= 0.3 is 5.97 Å². The zero-order valence-corrected chi connectivity index (χ0v) is 11.7. The van der Waals surface area contributed by atoms with Crippen molar-refractivity contribution in [1.82, 2.24) is 10.3 Å².